The fourth-order valence-corrected chi connectivity index (χ4v) is 0.804. The molecule has 2 N–H and O–H groups in total. The Morgan fingerprint density at radius 2 is 1.24 bits per heavy atom. The molecule has 2 unspecified atom stereocenters. The molecule has 0 saturated carbocycles. The zero-order chi connectivity index (χ0) is 17.5. The molecule has 0 aliphatic carbocycles. The van der Waals surface area contributed by atoms with Crippen molar-refractivity contribution >= 4 is 0 Å². The molecule has 2 atom stereocenters. The zero-order valence-corrected chi connectivity index (χ0v) is 9.24. The molecule has 0 spiro atoms. The van der Waals surface area contributed by atoms with Crippen LogP contribution in [0.5, 0.6) is 0 Å². The molecule has 0 aliphatic heterocycles. The second-order valence-electron chi connectivity index (χ2n) is 3.53. The van der Waals surface area contributed by atoms with Crippen LogP contribution < -0.4 is 0 Å². The summed E-state index contributed by atoms with van der Waals surface area (Å²) in [6.07, 6.45) is -18.7. The minimum atomic E-state index is -6.93. The summed E-state index contributed by atoms with van der Waals surface area (Å²) in [7, 11) is 0. The minimum Gasteiger partial charge on any atom is -0.390 e. The Morgan fingerprint density at radius 3 is 1.48 bits per heavy atom. The summed E-state index contributed by atoms with van der Waals surface area (Å²) >= 11 is 0. The summed E-state index contributed by atoms with van der Waals surface area (Å²) in [6, 6.07) is 0. The van der Waals surface area contributed by atoms with Crippen LogP contribution >= 0.6 is 0 Å². The number of ether oxygens (including phenoxy) is 1. The van der Waals surface area contributed by atoms with Crippen molar-refractivity contribution in [2.75, 3.05) is 6.61 Å². The first-order valence-electron chi connectivity index (χ1n) is 4.48. The predicted molar refractivity (Wildman–Crippen MR) is 40.0 cm³/mol. The van der Waals surface area contributed by atoms with Crippen LogP contribution in [0.4, 0.5) is 48.3 Å². The van der Waals surface area contributed by atoms with Crippen molar-refractivity contribution < 1.29 is 63.2 Å². The van der Waals surface area contributed by atoms with Crippen LogP contribution in [0, 0.1) is 0 Å². The summed E-state index contributed by atoms with van der Waals surface area (Å²) in [6.45, 7) is -2.97. The molecule has 3 nitrogen and oxygen atoms in total. The van der Waals surface area contributed by atoms with Crippen molar-refractivity contribution in [2.45, 2.75) is 36.3 Å². The molecule has 0 rings (SSSR count). The summed E-state index contributed by atoms with van der Waals surface area (Å²) in [5, 5.41) is 15.6. The molecule has 21 heavy (non-hydrogen) atoms. The molecule has 0 radical (unpaired) electrons. The van der Waals surface area contributed by atoms with E-state index in [0.29, 0.717) is 0 Å². The highest BCUT2D eigenvalue weighted by molar-refractivity contribution is 4.94. The first-order valence-corrected chi connectivity index (χ1v) is 4.48. The van der Waals surface area contributed by atoms with Crippen molar-refractivity contribution in [2.24, 2.45) is 0 Å². The van der Waals surface area contributed by atoms with Gasteiger partial charge >= 0.3 is 30.0 Å². The summed E-state index contributed by atoms with van der Waals surface area (Å²) in [4.78, 5) is 0. The van der Waals surface area contributed by atoms with Gasteiger partial charge in [-0.1, -0.05) is 0 Å². The van der Waals surface area contributed by atoms with Crippen LogP contribution in [0.3, 0.4) is 0 Å². The largest absolute Gasteiger partial charge is 0.454 e. The van der Waals surface area contributed by atoms with Gasteiger partial charge in [0.1, 0.15) is 6.61 Å². The van der Waals surface area contributed by atoms with Gasteiger partial charge in [-0.05, 0) is 0 Å². The Kier molecular flexibility index (Phi) is 5.16. The molecule has 14 heteroatoms. The number of rotatable bonds is 6. The van der Waals surface area contributed by atoms with Gasteiger partial charge in [-0.3, -0.25) is 4.74 Å². The Hall–Kier alpha value is -0.890. The zero-order valence-electron chi connectivity index (χ0n) is 9.24. The van der Waals surface area contributed by atoms with Crippen molar-refractivity contribution in [1.29, 1.82) is 0 Å². The summed E-state index contributed by atoms with van der Waals surface area (Å²) < 4.78 is 138. The van der Waals surface area contributed by atoms with Crippen LogP contribution in [0.2, 0.25) is 0 Å². The smallest absolute Gasteiger partial charge is 0.390 e. The number of aliphatic hydroxyl groups is 2. The van der Waals surface area contributed by atoms with E-state index in [1.807, 2.05) is 4.74 Å². The lowest BCUT2D eigenvalue weighted by atomic mass is 10.1. The van der Waals surface area contributed by atoms with E-state index in [1.165, 1.54) is 0 Å². The first-order chi connectivity index (χ1) is 8.96. The lowest BCUT2D eigenvalue weighted by Gasteiger charge is -2.36. The van der Waals surface area contributed by atoms with Crippen LogP contribution in [-0.4, -0.2) is 53.2 Å². The molecule has 0 aromatic carbocycles. The number of halogens is 11. The summed E-state index contributed by atoms with van der Waals surface area (Å²) in [5.41, 5.74) is 0. The van der Waals surface area contributed by atoms with Gasteiger partial charge in [-0.2, -0.15) is 43.9 Å². The lowest BCUT2D eigenvalue weighted by molar-refractivity contribution is -0.491. The van der Waals surface area contributed by atoms with E-state index in [-0.39, 0.29) is 0 Å². The van der Waals surface area contributed by atoms with Gasteiger partial charge in [0.25, 0.3) is 6.36 Å². The molecule has 0 aromatic heterocycles. The van der Waals surface area contributed by atoms with Crippen molar-refractivity contribution in [1.82, 2.24) is 0 Å². The molecule has 128 valence electrons. The maximum atomic E-state index is 12.8. The predicted octanol–water partition coefficient (Wildman–Crippen LogP) is 2.37. The molecule has 0 fully saturated rings. The van der Waals surface area contributed by atoms with Crippen molar-refractivity contribution in [3.05, 3.63) is 0 Å². The third-order valence-electron chi connectivity index (χ3n) is 1.99. The normalized spacial score (nSPS) is 19.3. The number of hydrogen-bond acceptors (Lipinski definition) is 3. The van der Waals surface area contributed by atoms with Gasteiger partial charge in [0, 0.05) is 0 Å². The highest BCUT2D eigenvalue weighted by Crippen LogP contribution is 2.51. The fraction of sp³-hybridized carbons (Fsp3) is 1.00. The van der Waals surface area contributed by atoms with Gasteiger partial charge in [0.15, 0.2) is 0 Å². The third kappa shape index (κ3) is 3.31. The standard InChI is InChI=1S/C7H5F11O3/c8-2(20)4(11,6(14,15)16)21-7(17,18)5(12,13)3(9,10)1-19/h2,19-20H,1H2. The maximum Gasteiger partial charge on any atom is 0.454 e. The first kappa shape index (κ1) is 20.1. The Balaban J connectivity index is 5.74. The van der Waals surface area contributed by atoms with E-state index in [1.54, 1.807) is 0 Å². The van der Waals surface area contributed by atoms with Crippen LogP contribution in [0.15, 0.2) is 0 Å². The number of aliphatic hydroxyl groups excluding tert-OH is 2. The number of hydrogen-bond donors (Lipinski definition) is 2. The van der Waals surface area contributed by atoms with Gasteiger partial charge in [-0.15, -0.1) is 0 Å². The van der Waals surface area contributed by atoms with Crippen LogP contribution in [0.25, 0.3) is 0 Å². The van der Waals surface area contributed by atoms with Gasteiger partial charge in [0.2, 0.25) is 0 Å². The van der Waals surface area contributed by atoms with Gasteiger partial charge in [-0.25, -0.2) is 4.39 Å². The number of alkyl halides is 11. The summed E-state index contributed by atoms with van der Waals surface area (Å²) in [5.74, 6) is -19.3. The average Bonchev–Trinajstić information content (AvgIpc) is 2.25. The molecule has 0 amide bonds. The molecule has 0 bridgehead atoms. The fourth-order valence-electron chi connectivity index (χ4n) is 0.804. The second kappa shape index (κ2) is 5.39. The Bertz CT molecular complexity index is 365. The van der Waals surface area contributed by atoms with Crippen LogP contribution in [-0.2, 0) is 4.74 Å². The quantitative estimate of drug-likeness (QED) is 0.726. The topological polar surface area (TPSA) is 49.7 Å². The third-order valence-corrected chi connectivity index (χ3v) is 1.99. The lowest BCUT2D eigenvalue weighted by Crippen LogP contribution is -2.63. The molecule has 0 aliphatic rings. The highest BCUT2D eigenvalue weighted by atomic mass is 19.4. The molecule has 0 saturated heterocycles. The monoisotopic (exact) mass is 346 g/mol. The maximum absolute atomic E-state index is 12.8. The van der Waals surface area contributed by atoms with E-state index in [4.69, 9.17) is 10.2 Å². The van der Waals surface area contributed by atoms with E-state index >= 15 is 0 Å². The van der Waals surface area contributed by atoms with Gasteiger partial charge < -0.3 is 10.2 Å². The van der Waals surface area contributed by atoms with E-state index in [0.717, 1.165) is 0 Å². The SMILES string of the molecule is OCC(F)(F)C(F)(F)C(F)(F)OC(F)(C(O)F)C(F)(F)F. The molecule has 0 heterocycles. The molecule has 0 aromatic rings. The van der Waals surface area contributed by atoms with Crippen molar-refractivity contribution in [3.63, 3.8) is 0 Å². The Morgan fingerprint density at radius 1 is 0.857 bits per heavy atom. The molecular weight excluding hydrogens is 341 g/mol. The Labute approximate surface area is 107 Å². The van der Waals surface area contributed by atoms with E-state index < -0.39 is 42.9 Å². The van der Waals surface area contributed by atoms with Crippen molar-refractivity contribution in [3.8, 4) is 0 Å². The molecular formula is C7H5F11O3. The van der Waals surface area contributed by atoms with Gasteiger partial charge in [0.05, 0.1) is 0 Å². The highest BCUT2D eigenvalue weighted by Gasteiger charge is 2.78. The second-order valence-corrected chi connectivity index (χ2v) is 3.53. The van der Waals surface area contributed by atoms with E-state index in [2.05, 4.69) is 0 Å². The van der Waals surface area contributed by atoms with E-state index in [9.17, 15) is 48.3 Å². The average molecular weight is 346 g/mol. The minimum absolute atomic E-state index is 1.81. The van der Waals surface area contributed by atoms with Crippen LogP contribution in [0.1, 0.15) is 0 Å².